The summed E-state index contributed by atoms with van der Waals surface area (Å²) < 4.78 is 7.30. The van der Waals surface area contributed by atoms with E-state index in [4.69, 9.17) is 10.5 Å². The van der Waals surface area contributed by atoms with E-state index in [0.29, 0.717) is 30.0 Å². The minimum Gasteiger partial charge on any atom is -0.440 e. The number of pyridine rings is 1. The second-order valence-electron chi connectivity index (χ2n) is 8.10. The fourth-order valence-corrected chi connectivity index (χ4v) is 4.66. The molecule has 2 aliphatic rings. The Bertz CT molecular complexity index is 1200. The Morgan fingerprint density at radius 1 is 1.27 bits per heavy atom. The number of carbonyl (C=O) groups is 1. The number of amides is 1. The van der Waals surface area contributed by atoms with Crippen molar-refractivity contribution in [3.8, 4) is 11.8 Å². The van der Waals surface area contributed by atoms with Gasteiger partial charge < -0.3 is 19.9 Å². The number of nitriles is 1. The van der Waals surface area contributed by atoms with Gasteiger partial charge in [-0.25, -0.2) is 0 Å². The molecule has 0 radical (unpaired) electrons. The lowest BCUT2D eigenvalue weighted by Crippen LogP contribution is -2.50. The highest BCUT2D eigenvalue weighted by atomic mass is 16.5. The van der Waals surface area contributed by atoms with Crippen molar-refractivity contribution in [1.82, 2.24) is 4.57 Å². The molecule has 1 aromatic carbocycles. The van der Waals surface area contributed by atoms with Crippen LogP contribution < -0.4 is 20.9 Å². The van der Waals surface area contributed by atoms with Crippen LogP contribution in [-0.4, -0.2) is 17.0 Å². The molecule has 0 saturated heterocycles. The van der Waals surface area contributed by atoms with Crippen LogP contribution in [-0.2, 0) is 16.8 Å². The number of hydrogen-bond donors (Lipinski definition) is 1. The molecule has 0 saturated carbocycles. The van der Waals surface area contributed by atoms with Crippen LogP contribution in [0.25, 0.3) is 0 Å². The van der Waals surface area contributed by atoms with Gasteiger partial charge in [-0.1, -0.05) is 32.0 Å². The predicted molar refractivity (Wildman–Crippen MR) is 113 cm³/mol. The number of fused-ring (bicyclic) bond motifs is 4. The van der Waals surface area contributed by atoms with Gasteiger partial charge in [0, 0.05) is 36.1 Å². The van der Waals surface area contributed by atoms with Crippen LogP contribution in [0, 0.1) is 24.2 Å². The van der Waals surface area contributed by atoms with Crippen molar-refractivity contribution in [1.29, 1.82) is 5.26 Å². The van der Waals surface area contributed by atoms with E-state index in [-0.39, 0.29) is 40.2 Å². The van der Waals surface area contributed by atoms with Gasteiger partial charge in [0.1, 0.15) is 17.4 Å². The number of rotatable bonds is 3. The van der Waals surface area contributed by atoms with Crippen LogP contribution in [0.5, 0.6) is 5.75 Å². The van der Waals surface area contributed by atoms with Gasteiger partial charge in [-0.05, 0) is 25.8 Å². The number of nitrogens with two attached hydrogens (primary N) is 1. The summed E-state index contributed by atoms with van der Waals surface area (Å²) in [5.74, 6) is -0.0699. The van der Waals surface area contributed by atoms with Gasteiger partial charge in [0.25, 0.3) is 5.56 Å². The number of para-hydroxylation sites is 1. The first-order valence-electron chi connectivity index (χ1n) is 10.0. The SMILES string of the molecule is CCn1c(C)cc2c(c1=O)C1(C(=O)N(CC(C)C)c3ccccc31)C(C#N)=C(N)O2. The van der Waals surface area contributed by atoms with E-state index in [0.717, 1.165) is 0 Å². The lowest BCUT2D eigenvalue weighted by Gasteiger charge is -2.34. The maximum Gasteiger partial charge on any atom is 0.259 e. The highest BCUT2D eigenvalue weighted by Crippen LogP contribution is 2.54. The number of hydrogen-bond acceptors (Lipinski definition) is 5. The number of carbonyl (C=O) groups excluding carboxylic acids is 1. The number of aromatic nitrogens is 1. The average molecular weight is 404 g/mol. The molecule has 7 nitrogen and oxygen atoms in total. The third-order valence-electron chi connectivity index (χ3n) is 5.83. The summed E-state index contributed by atoms with van der Waals surface area (Å²) in [6.07, 6.45) is 0. The van der Waals surface area contributed by atoms with E-state index < -0.39 is 5.41 Å². The highest BCUT2D eigenvalue weighted by Gasteiger charge is 2.60. The summed E-state index contributed by atoms with van der Waals surface area (Å²) in [6.45, 7) is 8.59. The van der Waals surface area contributed by atoms with Crippen LogP contribution in [0.3, 0.4) is 0 Å². The number of ether oxygens (including phenoxy) is 1. The molecule has 30 heavy (non-hydrogen) atoms. The Balaban J connectivity index is 2.18. The fraction of sp³-hybridized carbons (Fsp3) is 0.348. The molecule has 0 aliphatic carbocycles. The molecule has 3 heterocycles. The Hall–Kier alpha value is -3.53. The number of anilines is 1. The normalized spacial score (nSPS) is 19.7. The van der Waals surface area contributed by atoms with Gasteiger partial charge in [0.2, 0.25) is 11.8 Å². The van der Waals surface area contributed by atoms with Crippen molar-refractivity contribution in [2.45, 2.75) is 39.7 Å². The minimum atomic E-state index is -1.61. The van der Waals surface area contributed by atoms with E-state index in [1.165, 1.54) is 0 Å². The minimum absolute atomic E-state index is 0.0395. The summed E-state index contributed by atoms with van der Waals surface area (Å²) in [4.78, 5) is 29.4. The van der Waals surface area contributed by atoms with Crippen LogP contribution >= 0.6 is 0 Å². The standard InChI is InChI=1S/C23H24N4O3/c1-5-26-14(4)10-18-19(21(26)28)23(16(11-24)20(25)30-18)15-8-6-7-9-17(15)27(22(23)29)12-13(2)3/h6-10,13H,5,12,25H2,1-4H3. The highest BCUT2D eigenvalue weighted by molar-refractivity contribution is 6.14. The van der Waals surface area contributed by atoms with E-state index in [9.17, 15) is 14.9 Å². The van der Waals surface area contributed by atoms with Crippen LogP contribution in [0.1, 0.15) is 37.6 Å². The zero-order valence-electron chi connectivity index (χ0n) is 17.5. The van der Waals surface area contributed by atoms with Crippen LogP contribution in [0.2, 0.25) is 0 Å². The molecule has 1 amide bonds. The van der Waals surface area contributed by atoms with Gasteiger partial charge in [-0.2, -0.15) is 5.26 Å². The summed E-state index contributed by atoms with van der Waals surface area (Å²) in [6, 6.07) is 11.1. The van der Waals surface area contributed by atoms with Crippen molar-refractivity contribution in [3.05, 3.63) is 69.0 Å². The number of aryl methyl sites for hydroxylation is 1. The van der Waals surface area contributed by atoms with E-state index in [2.05, 4.69) is 6.07 Å². The van der Waals surface area contributed by atoms with Gasteiger partial charge >= 0.3 is 0 Å². The molecular formula is C23H24N4O3. The molecule has 2 aromatic rings. The largest absolute Gasteiger partial charge is 0.440 e. The van der Waals surface area contributed by atoms with E-state index in [1.807, 2.05) is 32.9 Å². The maximum atomic E-state index is 14.1. The second kappa shape index (κ2) is 6.77. The number of benzene rings is 1. The summed E-state index contributed by atoms with van der Waals surface area (Å²) in [7, 11) is 0. The lowest BCUT2D eigenvalue weighted by molar-refractivity contribution is -0.121. The fourth-order valence-electron chi connectivity index (χ4n) is 4.66. The van der Waals surface area contributed by atoms with Gasteiger partial charge in [-0.3, -0.25) is 9.59 Å². The molecule has 0 fully saturated rings. The average Bonchev–Trinajstić information content (AvgIpc) is 2.91. The predicted octanol–water partition coefficient (Wildman–Crippen LogP) is 2.55. The van der Waals surface area contributed by atoms with Gasteiger partial charge in [-0.15, -0.1) is 0 Å². The molecule has 2 aliphatic heterocycles. The van der Waals surface area contributed by atoms with E-state index in [1.54, 1.807) is 34.6 Å². The van der Waals surface area contributed by atoms with E-state index >= 15 is 0 Å². The second-order valence-corrected chi connectivity index (χ2v) is 8.10. The van der Waals surface area contributed by atoms with Crippen LogP contribution in [0.15, 0.2) is 46.6 Å². The summed E-state index contributed by atoms with van der Waals surface area (Å²) in [5, 5.41) is 10.0. The van der Waals surface area contributed by atoms with Crippen LogP contribution in [0.4, 0.5) is 5.69 Å². The van der Waals surface area contributed by atoms with Crippen molar-refractivity contribution in [3.63, 3.8) is 0 Å². The molecule has 2 N–H and O–H groups in total. The zero-order valence-corrected chi connectivity index (χ0v) is 17.5. The third kappa shape index (κ3) is 2.37. The van der Waals surface area contributed by atoms with Crippen molar-refractivity contribution < 1.29 is 9.53 Å². The molecule has 1 unspecified atom stereocenters. The molecule has 1 spiro atoms. The molecular weight excluding hydrogens is 380 g/mol. The van der Waals surface area contributed by atoms with Crippen molar-refractivity contribution >= 4 is 11.6 Å². The Morgan fingerprint density at radius 2 is 1.97 bits per heavy atom. The molecule has 4 rings (SSSR count). The zero-order chi connectivity index (χ0) is 21.8. The summed E-state index contributed by atoms with van der Waals surface area (Å²) >= 11 is 0. The quantitative estimate of drug-likeness (QED) is 0.847. The molecule has 154 valence electrons. The third-order valence-corrected chi connectivity index (χ3v) is 5.83. The first-order chi connectivity index (χ1) is 14.3. The first kappa shape index (κ1) is 19.8. The monoisotopic (exact) mass is 404 g/mol. The summed E-state index contributed by atoms with van der Waals surface area (Å²) in [5.41, 5.74) is 6.28. The molecule has 1 atom stereocenters. The maximum absolute atomic E-state index is 14.1. The Labute approximate surface area is 175 Å². The van der Waals surface area contributed by atoms with Gasteiger partial charge in [0.15, 0.2) is 5.41 Å². The molecule has 1 aromatic heterocycles. The van der Waals surface area contributed by atoms with Gasteiger partial charge in [0.05, 0.1) is 5.56 Å². The smallest absolute Gasteiger partial charge is 0.259 e. The number of nitrogens with zero attached hydrogens (tertiary/aromatic N) is 3. The Morgan fingerprint density at radius 3 is 2.60 bits per heavy atom. The van der Waals surface area contributed by atoms with Crippen molar-refractivity contribution in [2.75, 3.05) is 11.4 Å². The Kier molecular flexibility index (Phi) is 4.46. The topological polar surface area (TPSA) is 101 Å². The lowest BCUT2D eigenvalue weighted by atomic mass is 9.69. The molecule has 7 heteroatoms. The first-order valence-corrected chi connectivity index (χ1v) is 10.0. The molecule has 0 bridgehead atoms. The van der Waals surface area contributed by atoms with Crippen molar-refractivity contribution in [2.24, 2.45) is 11.7 Å².